The molecule has 1 aliphatic rings. The average Bonchev–Trinajstić information content (AvgIpc) is 2.13. The molecule has 0 aromatic carbocycles. The molecule has 0 aromatic heterocycles. The molecule has 9 heavy (non-hydrogen) atoms. The molecule has 0 radical (unpaired) electrons. The van der Waals surface area contributed by atoms with E-state index < -0.39 is 23.3 Å². The summed E-state index contributed by atoms with van der Waals surface area (Å²) in [7, 11) is 5.98. The van der Waals surface area contributed by atoms with Crippen molar-refractivity contribution >= 4 is 8.25 Å². The Labute approximate surface area is 73.2 Å². The van der Waals surface area contributed by atoms with E-state index in [1.807, 2.05) is 0 Å². The van der Waals surface area contributed by atoms with Crippen molar-refractivity contribution in [3.63, 3.8) is 0 Å². The van der Waals surface area contributed by atoms with Gasteiger partial charge in [-0.15, -0.1) is 0 Å². The van der Waals surface area contributed by atoms with Crippen LogP contribution in [0.5, 0.6) is 0 Å². The Bertz CT molecular complexity index is 67.3. The summed E-state index contributed by atoms with van der Waals surface area (Å²) in [5.74, 6) is 0. The summed E-state index contributed by atoms with van der Waals surface area (Å²) in [6, 6.07) is 0. The van der Waals surface area contributed by atoms with Gasteiger partial charge in [-0.1, -0.05) is 0 Å². The van der Waals surface area contributed by atoms with Crippen LogP contribution in [0.4, 0.5) is 0 Å². The van der Waals surface area contributed by atoms with Crippen molar-refractivity contribution in [2.24, 2.45) is 0 Å². The number of hydrogen-bond donors (Lipinski definition) is 0. The predicted molar refractivity (Wildman–Crippen MR) is 37.3 cm³/mol. The fraction of sp³-hybridized carbons (Fsp3) is 1.00. The molecule has 1 fully saturated rings. The first-order chi connectivity index (χ1) is 4.43. The van der Waals surface area contributed by atoms with E-state index in [9.17, 15) is 0 Å². The molecule has 1 aliphatic carbocycles. The van der Waals surface area contributed by atoms with Crippen LogP contribution in [-0.2, 0) is 23.3 Å². The van der Waals surface area contributed by atoms with E-state index in [4.69, 9.17) is 8.25 Å². The third kappa shape index (κ3) is 3.22. The van der Waals surface area contributed by atoms with Crippen molar-refractivity contribution in [2.45, 2.75) is 42.0 Å². The Morgan fingerprint density at radius 1 is 1.00 bits per heavy atom. The fourth-order valence-corrected chi connectivity index (χ4v) is 7.67. The summed E-state index contributed by atoms with van der Waals surface area (Å²) >= 11 is -0.824. The number of rotatable bonds is 1. The minimum absolute atomic E-state index is 0.824. The summed E-state index contributed by atoms with van der Waals surface area (Å²) < 4.78 is 1.06. The van der Waals surface area contributed by atoms with Gasteiger partial charge in [-0.3, -0.25) is 0 Å². The van der Waals surface area contributed by atoms with Crippen molar-refractivity contribution in [3.8, 4) is 0 Å². The molecule has 1 saturated carbocycles. The second kappa shape index (κ2) is 4.95. The van der Waals surface area contributed by atoms with Gasteiger partial charge in [0.15, 0.2) is 0 Å². The van der Waals surface area contributed by atoms with Gasteiger partial charge in [0.1, 0.15) is 0 Å². The molecular weight excluding hydrogens is 320 g/mol. The third-order valence-corrected chi connectivity index (χ3v) is 10.9. The number of halogens is 1. The molecule has 0 saturated heterocycles. The monoisotopic (exact) mass is 334 g/mol. The molecule has 0 nitrogen and oxygen atoms in total. The second-order valence-electron chi connectivity index (χ2n) is 3.01. The molecule has 0 amide bonds. The third-order valence-electron chi connectivity index (χ3n) is 2.19. The molecular formula is C7H13ClHg. The van der Waals surface area contributed by atoms with Crippen LogP contribution < -0.4 is 0 Å². The van der Waals surface area contributed by atoms with Gasteiger partial charge in [0.05, 0.1) is 0 Å². The zero-order chi connectivity index (χ0) is 6.53. The van der Waals surface area contributed by atoms with Gasteiger partial charge in [-0.05, 0) is 0 Å². The molecule has 0 bridgehead atoms. The van der Waals surface area contributed by atoms with Crippen molar-refractivity contribution in [2.75, 3.05) is 0 Å². The summed E-state index contributed by atoms with van der Waals surface area (Å²) in [6.45, 7) is 0. The van der Waals surface area contributed by atoms with E-state index >= 15 is 0 Å². The Hall–Kier alpha value is 1.23. The molecule has 0 N–H and O–H groups in total. The van der Waals surface area contributed by atoms with Gasteiger partial charge in [0.25, 0.3) is 0 Å². The first-order valence-corrected chi connectivity index (χ1v) is 13.9. The van der Waals surface area contributed by atoms with E-state index in [1.54, 1.807) is 0 Å². The van der Waals surface area contributed by atoms with Crippen molar-refractivity contribution in [3.05, 3.63) is 0 Å². The molecule has 0 aromatic rings. The van der Waals surface area contributed by atoms with Crippen LogP contribution in [-0.4, -0.2) is 0 Å². The van der Waals surface area contributed by atoms with Crippen molar-refractivity contribution < 1.29 is 23.3 Å². The Morgan fingerprint density at radius 3 is 2.00 bits per heavy atom. The molecule has 0 spiro atoms. The van der Waals surface area contributed by atoms with Crippen LogP contribution in [0.1, 0.15) is 38.5 Å². The van der Waals surface area contributed by atoms with Crippen LogP contribution in [0, 0.1) is 0 Å². The Morgan fingerprint density at radius 2 is 1.56 bits per heavy atom. The SMILES string of the molecule is [Cl][Hg][CH]1CCCCCC1. The second-order valence-corrected chi connectivity index (χ2v) is 11.4. The van der Waals surface area contributed by atoms with Gasteiger partial charge in [-0.2, -0.15) is 0 Å². The maximum absolute atomic E-state index is 5.98. The van der Waals surface area contributed by atoms with Gasteiger partial charge in [-0.25, -0.2) is 0 Å². The zero-order valence-electron chi connectivity index (χ0n) is 5.91. The van der Waals surface area contributed by atoms with Gasteiger partial charge in [0.2, 0.25) is 0 Å². The summed E-state index contributed by atoms with van der Waals surface area (Å²) in [6.07, 6.45) is 8.84. The van der Waals surface area contributed by atoms with Crippen molar-refractivity contribution in [1.82, 2.24) is 0 Å². The van der Waals surface area contributed by atoms with E-state index in [1.165, 1.54) is 38.5 Å². The Balaban J connectivity index is 2.18. The maximum atomic E-state index is 5.98. The van der Waals surface area contributed by atoms with Gasteiger partial charge >= 0.3 is 73.5 Å². The van der Waals surface area contributed by atoms with Crippen LogP contribution in [0.15, 0.2) is 0 Å². The zero-order valence-corrected chi connectivity index (χ0v) is 12.2. The Kier molecular flexibility index (Phi) is 4.58. The molecule has 0 unspecified atom stereocenters. The van der Waals surface area contributed by atoms with Gasteiger partial charge in [0, 0.05) is 0 Å². The first kappa shape index (κ1) is 8.32. The first-order valence-electron chi connectivity index (χ1n) is 3.99. The normalized spacial score (nSPS) is 22.8. The molecule has 2 heteroatoms. The van der Waals surface area contributed by atoms with Crippen LogP contribution >= 0.6 is 8.25 Å². The van der Waals surface area contributed by atoms with Gasteiger partial charge < -0.3 is 0 Å². The average molecular weight is 333 g/mol. The standard InChI is InChI=1S/C7H13.ClH.Hg/c1-2-4-6-7-5-3-1;;/h1H,2-7H2;1H;/q;;+1/p-1. The molecule has 50 valence electrons. The summed E-state index contributed by atoms with van der Waals surface area (Å²) in [5, 5.41) is 0. The molecule has 0 heterocycles. The van der Waals surface area contributed by atoms with Crippen LogP contribution in [0.2, 0.25) is 3.43 Å². The predicted octanol–water partition coefficient (Wildman–Crippen LogP) is 3.37. The molecule has 1 rings (SSSR count). The quantitative estimate of drug-likeness (QED) is 0.510. The van der Waals surface area contributed by atoms with Crippen LogP contribution in [0.25, 0.3) is 0 Å². The fourth-order valence-electron chi connectivity index (χ4n) is 1.52. The van der Waals surface area contributed by atoms with E-state index in [2.05, 4.69) is 0 Å². The molecule has 0 aliphatic heterocycles. The van der Waals surface area contributed by atoms with E-state index in [0.29, 0.717) is 0 Å². The molecule has 0 atom stereocenters. The van der Waals surface area contributed by atoms with Crippen molar-refractivity contribution in [1.29, 1.82) is 0 Å². The topological polar surface area (TPSA) is 0 Å². The minimum atomic E-state index is -0.824. The van der Waals surface area contributed by atoms with E-state index in [-0.39, 0.29) is 0 Å². The summed E-state index contributed by atoms with van der Waals surface area (Å²) in [4.78, 5) is 0. The number of hydrogen-bond acceptors (Lipinski definition) is 0. The summed E-state index contributed by atoms with van der Waals surface area (Å²) in [5.41, 5.74) is 0. The van der Waals surface area contributed by atoms with E-state index in [0.717, 1.165) is 3.43 Å². The van der Waals surface area contributed by atoms with Crippen LogP contribution in [0.3, 0.4) is 0 Å².